The van der Waals surface area contributed by atoms with Gasteiger partial charge in [-0.15, -0.1) is 0 Å². The number of esters is 2. The molecule has 0 aliphatic carbocycles. The van der Waals surface area contributed by atoms with Crippen LogP contribution in [0.1, 0.15) is 12.5 Å². The maximum absolute atomic E-state index is 11.9. The summed E-state index contributed by atoms with van der Waals surface area (Å²) in [5.74, 6) is -1.38. The summed E-state index contributed by atoms with van der Waals surface area (Å²) < 4.78 is 10.2. The molecule has 1 heterocycles. The zero-order valence-corrected chi connectivity index (χ0v) is 11.1. The molecule has 0 aromatic heterocycles. The number of carbonyl (C=O) groups excluding carboxylic acids is 2. The van der Waals surface area contributed by atoms with E-state index in [1.165, 1.54) is 0 Å². The molecule has 4 heteroatoms. The fourth-order valence-corrected chi connectivity index (χ4v) is 2.51. The van der Waals surface area contributed by atoms with E-state index < -0.39 is 17.9 Å². The Labute approximate surface area is 116 Å². The van der Waals surface area contributed by atoms with Crippen molar-refractivity contribution >= 4 is 22.7 Å². The highest BCUT2D eigenvalue weighted by atomic mass is 16.6. The Bertz CT molecular complexity index is 690. The molecule has 102 valence electrons. The minimum atomic E-state index is -0.867. The first-order valence-electron chi connectivity index (χ1n) is 6.59. The lowest BCUT2D eigenvalue weighted by Crippen LogP contribution is -2.35. The zero-order chi connectivity index (χ0) is 14.1. The predicted molar refractivity (Wildman–Crippen MR) is 73.4 cm³/mol. The summed E-state index contributed by atoms with van der Waals surface area (Å²) in [7, 11) is 0. The van der Waals surface area contributed by atoms with Gasteiger partial charge in [0, 0.05) is 12.0 Å². The molecule has 1 aliphatic rings. The Morgan fingerprint density at radius 3 is 2.90 bits per heavy atom. The Morgan fingerprint density at radius 1 is 1.30 bits per heavy atom. The summed E-state index contributed by atoms with van der Waals surface area (Å²) in [4.78, 5) is 23.7. The highest BCUT2D eigenvalue weighted by molar-refractivity contribution is 5.99. The van der Waals surface area contributed by atoms with E-state index in [2.05, 4.69) is 0 Å². The maximum Gasteiger partial charge on any atom is 0.326 e. The van der Waals surface area contributed by atoms with E-state index in [-0.39, 0.29) is 6.61 Å². The van der Waals surface area contributed by atoms with Crippen molar-refractivity contribution in [3.8, 4) is 5.75 Å². The summed E-state index contributed by atoms with van der Waals surface area (Å²) in [6.45, 7) is 1.97. The molecule has 0 bridgehead atoms. The van der Waals surface area contributed by atoms with Crippen molar-refractivity contribution in [2.75, 3.05) is 6.61 Å². The fourth-order valence-electron chi connectivity index (χ4n) is 2.51. The number of benzene rings is 2. The SMILES string of the molecule is CCOC(=O)[C@H]1Cc2c(ccc3ccccc23)OC1=O. The van der Waals surface area contributed by atoms with Gasteiger partial charge in [-0.1, -0.05) is 30.3 Å². The van der Waals surface area contributed by atoms with Crippen LogP contribution < -0.4 is 4.74 Å². The summed E-state index contributed by atoms with van der Waals surface area (Å²) in [6, 6.07) is 11.5. The second-order valence-electron chi connectivity index (χ2n) is 4.69. The van der Waals surface area contributed by atoms with Gasteiger partial charge in [-0.05, 0) is 23.8 Å². The first kappa shape index (κ1) is 12.7. The van der Waals surface area contributed by atoms with Crippen molar-refractivity contribution in [2.45, 2.75) is 13.3 Å². The van der Waals surface area contributed by atoms with E-state index in [0.29, 0.717) is 12.2 Å². The van der Waals surface area contributed by atoms with Crippen molar-refractivity contribution in [1.82, 2.24) is 0 Å². The molecule has 0 spiro atoms. The van der Waals surface area contributed by atoms with Gasteiger partial charge in [-0.2, -0.15) is 0 Å². The van der Waals surface area contributed by atoms with Gasteiger partial charge in [-0.25, -0.2) is 0 Å². The third kappa shape index (κ3) is 2.03. The fraction of sp³-hybridized carbons (Fsp3) is 0.250. The molecule has 1 aliphatic heterocycles. The Kier molecular flexibility index (Phi) is 3.14. The first-order valence-corrected chi connectivity index (χ1v) is 6.59. The molecule has 4 nitrogen and oxygen atoms in total. The van der Waals surface area contributed by atoms with Crippen LogP contribution in [-0.4, -0.2) is 18.5 Å². The van der Waals surface area contributed by atoms with E-state index in [9.17, 15) is 9.59 Å². The van der Waals surface area contributed by atoms with E-state index in [1.54, 1.807) is 13.0 Å². The third-order valence-corrected chi connectivity index (χ3v) is 3.47. The smallest absolute Gasteiger partial charge is 0.326 e. The second kappa shape index (κ2) is 4.96. The lowest BCUT2D eigenvalue weighted by Gasteiger charge is -2.23. The van der Waals surface area contributed by atoms with E-state index in [1.807, 2.05) is 30.3 Å². The second-order valence-corrected chi connectivity index (χ2v) is 4.69. The standard InChI is InChI=1S/C16H14O4/c1-2-19-15(17)13-9-12-11-6-4-3-5-10(11)7-8-14(12)20-16(13)18/h3-8,13H,2,9H2,1H3/t13-/m1/s1. The van der Waals surface area contributed by atoms with Crippen LogP contribution in [0, 0.1) is 5.92 Å². The van der Waals surface area contributed by atoms with Gasteiger partial charge in [-0.3, -0.25) is 9.59 Å². The molecule has 20 heavy (non-hydrogen) atoms. The summed E-state index contributed by atoms with van der Waals surface area (Å²) >= 11 is 0. The summed E-state index contributed by atoms with van der Waals surface area (Å²) in [6.07, 6.45) is 0.328. The van der Waals surface area contributed by atoms with E-state index in [4.69, 9.17) is 9.47 Å². The lowest BCUT2D eigenvalue weighted by atomic mass is 9.92. The van der Waals surface area contributed by atoms with Crippen molar-refractivity contribution in [3.05, 3.63) is 42.0 Å². The molecule has 0 radical (unpaired) electrons. The van der Waals surface area contributed by atoms with Gasteiger partial charge >= 0.3 is 11.9 Å². The quantitative estimate of drug-likeness (QED) is 0.478. The Balaban J connectivity index is 2.05. The van der Waals surface area contributed by atoms with Gasteiger partial charge < -0.3 is 9.47 Å². The van der Waals surface area contributed by atoms with Crippen LogP contribution in [-0.2, 0) is 20.7 Å². The van der Waals surface area contributed by atoms with Crippen LogP contribution in [0.25, 0.3) is 10.8 Å². The van der Waals surface area contributed by atoms with Crippen LogP contribution in [0.15, 0.2) is 36.4 Å². The van der Waals surface area contributed by atoms with Gasteiger partial charge in [0.05, 0.1) is 6.61 Å². The highest BCUT2D eigenvalue weighted by Crippen LogP contribution is 2.34. The number of hydrogen-bond acceptors (Lipinski definition) is 4. The normalized spacial score (nSPS) is 17.4. The minimum absolute atomic E-state index is 0.255. The number of fused-ring (bicyclic) bond motifs is 3. The molecule has 0 saturated carbocycles. The zero-order valence-electron chi connectivity index (χ0n) is 11.1. The number of hydrogen-bond donors (Lipinski definition) is 0. The van der Waals surface area contributed by atoms with Crippen molar-refractivity contribution < 1.29 is 19.1 Å². The molecule has 0 fully saturated rings. The molecule has 2 aromatic carbocycles. The van der Waals surface area contributed by atoms with Crippen LogP contribution in [0.4, 0.5) is 0 Å². The van der Waals surface area contributed by atoms with Gasteiger partial charge in [0.1, 0.15) is 5.75 Å². The summed E-state index contributed by atoms with van der Waals surface area (Å²) in [5.41, 5.74) is 0.890. The van der Waals surface area contributed by atoms with Crippen molar-refractivity contribution in [1.29, 1.82) is 0 Å². The highest BCUT2D eigenvalue weighted by Gasteiger charge is 2.36. The van der Waals surface area contributed by atoms with Crippen LogP contribution in [0.3, 0.4) is 0 Å². The topological polar surface area (TPSA) is 52.6 Å². The van der Waals surface area contributed by atoms with Crippen molar-refractivity contribution in [2.24, 2.45) is 5.92 Å². The monoisotopic (exact) mass is 270 g/mol. The molecular formula is C16H14O4. The minimum Gasteiger partial charge on any atom is -0.465 e. The van der Waals surface area contributed by atoms with Gasteiger partial charge in [0.15, 0.2) is 5.92 Å². The van der Waals surface area contributed by atoms with E-state index >= 15 is 0 Å². The lowest BCUT2D eigenvalue weighted by molar-refractivity contribution is -0.157. The Hall–Kier alpha value is -2.36. The van der Waals surface area contributed by atoms with Crippen LogP contribution in [0.2, 0.25) is 0 Å². The van der Waals surface area contributed by atoms with Crippen molar-refractivity contribution in [3.63, 3.8) is 0 Å². The average Bonchev–Trinajstić information content (AvgIpc) is 2.46. The van der Waals surface area contributed by atoms with E-state index in [0.717, 1.165) is 16.3 Å². The van der Waals surface area contributed by atoms with Crippen LogP contribution in [0.5, 0.6) is 5.75 Å². The van der Waals surface area contributed by atoms with Gasteiger partial charge in [0.2, 0.25) is 0 Å². The molecule has 2 aromatic rings. The Morgan fingerprint density at radius 2 is 2.10 bits per heavy atom. The first-order chi connectivity index (χ1) is 9.70. The predicted octanol–water partition coefficient (Wildman–Crippen LogP) is 2.48. The molecule has 1 atom stereocenters. The van der Waals surface area contributed by atoms with Crippen LogP contribution >= 0.6 is 0 Å². The molecule has 3 rings (SSSR count). The number of carbonyl (C=O) groups is 2. The average molecular weight is 270 g/mol. The summed E-state index contributed by atoms with van der Waals surface area (Å²) in [5, 5.41) is 2.07. The largest absolute Gasteiger partial charge is 0.465 e. The van der Waals surface area contributed by atoms with Gasteiger partial charge in [0.25, 0.3) is 0 Å². The maximum atomic E-state index is 11.9. The third-order valence-electron chi connectivity index (χ3n) is 3.47. The number of ether oxygens (including phenoxy) is 2. The molecule has 0 amide bonds. The number of rotatable bonds is 2. The molecule has 0 N–H and O–H groups in total. The molecule has 0 unspecified atom stereocenters. The molecular weight excluding hydrogens is 256 g/mol. The molecule has 0 saturated heterocycles.